The fraction of sp³-hybridized carbons (Fsp3) is 0.280. The zero-order chi connectivity index (χ0) is 21.6. The number of fused-ring (bicyclic) bond motifs is 1. The van der Waals surface area contributed by atoms with Crippen molar-refractivity contribution in [3.05, 3.63) is 89.0 Å². The molecule has 0 unspecified atom stereocenters. The van der Waals surface area contributed by atoms with Crippen molar-refractivity contribution in [1.82, 2.24) is 4.90 Å². The Bertz CT molecular complexity index is 1040. The lowest BCUT2D eigenvalue weighted by Crippen LogP contribution is -2.26. The Hall–Kier alpha value is -3.12. The van der Waals surface area contributed by atoms with Crippen LogP contribution >= 0.6 is 0 Å². The van der Waals surface area contributed by atoms with Crippen LogP contribution in [-0.2, 0) is 19.5 Å². The summed E-state index contributed by atoms with van der Waals surface area (Å²) in [6.45, 7) is 4.61. The van der Waals surface area contributed by atoms with E-state index in [9.17, 15) is 8.78 Å². The molecule has 3 aromatic rings. The molecule has 0 bridgehead atoms. The van der Waals surface area contributed by atoms with E-state index in [2.05, 4.69) is 4.90 Å². The summed E-state index contributed by atoms with van der Waals surface area (Å²) in [5.41, 5.74) is 2.90. The summed E-state index contributed by atoms with van der Waals surface area (Å²) in [5.74, 6) is 0.683. The summed E-state index contributed by atoms with van der Waals surface area (Å²) in [6.07, 6.45) is 0.775. The van der Waals surface area contributed by atoms with Crippen molar-refractivity contribution in [2.45, 2.75) is 26.4 Å². The van der Waals surface area contributed by atoms with Crippen LogP contribution in [-0.4, -0.2) is 24.8 Å². The van der Waals surface area contributed by atoms with Crippen molar-refractivity contribution >= 4 is 0 Å². The molecule has 3 aromatic carbocycles. The predicted molar refractivity (Wildman–Crippen MR) is 114 cm³/mol. The highest BCUT2D eigenvalue weighted by Crippen LogP contribution is 2.32. The molecule has 31 heavy (non-hydrogen) atoms. The van der Waals surface area contributed by atoms with Gasteiger partial charge in [-0.1, -0.05) is 30.3 Å². The molecule has 0 aromatic heterocycles. The fourth-order valence-electron chi connectivity index (χ4n) is 3.67. The summed E-state index contributed by atoms with van der Waals surface area (Å²) in [6, 6.07) is 17.9. The van der Waals surface area contributed by atoms with Gasteiger partial charge in [-0.3, -0.25) is 4.90 Å². The summed E-state index contributed by atoms with van der Waals surface area (Å²) in [7, 11) is 0. The van der Waals surface area contributed by atoms with E-state index in [1.807, 2.05) is 49.4 Å². The Labute approximate surface area is 181 Å². The number of hydrogen-bond donors (Lipinski definition) is 0. The molecule has 4 nitrogen and oxygen atoms in total. The lowest BCUT2D eigenvalue weighted by Gasteiger charge is -2.24. The number of nitrogens with zero attached hydrogens (tertiary/aromatic N) is 1. The molecule has 0 amide bonds. The van der Waals surface area contributed by atoms with Crippen LogP contribution in [0.3, 0.4) is 0 Å². The first-order chi connectivity index (χ1) is 15.1. The molecule has 0 fully saturated rings. The lowest BCUT2D eigenvalue weighted by molar-refractivity contribution is 0.174. The predicted octanol–water partition coefficient (Wildman–Crippen LogP) is 5.34. The summed E-state index contributed by atoms with van der Waals surface area (Å²) < 4.78 is 43.8. The van der Waals surface area contributed by atoms with Crippen LogP contribution < -0.4 is 14.2 Å². The van der Waals surface area contributed by atoms with Gasteiger partial charge in [0.1, 0.15) is 5.75 Å². The molecule has 0 N–H and O–H groups in total. The zero-order valence-electron chi connectivity index (χ0n) is 17.4. The minimum atomic E-state index is -0.836. The minimum Gasteiger partial charge on any atom is -0.494 e. The van der Waals surface area contributed by atoms with Gasteiger partial charge < -0.3 is 14.2 Å². The molecule has 0 atom stereocenters. The first-order valence-corrected chi connectivity index (χ1v) is 10.4. The second kappa shape index (κ2) is 9.79. The molecule has 162 valence electrons. The Balaban J connectivity index is 1.52. The van der Waals surface area contributed by atoms with Crippen molar-refractivity contribution < 1.29 is 23.0 Å². The van der Waals surface area contributed by atoms with Gasteiger partial charge in [0.25, 0.3) is 0 Å². The van der Waals surface area contributed by atoms with Crippen molar-refractivity contribution in [1.29, 1.82) is 0 Å². The highest BCUT2D eigenvalue weighted by molar-refractivity contribution is 5.44. The Kier molecular flexibility index (Phi) is 6.67. The van der Waals surface area contributed by atoms with Crippen molar-refractivity contribution in [3.63, 3.8) is 0 Å². The second-order valence-electron chi connectivity index (χ2n) is 7.44. The van der Waals surface area contributed by atoms with Crippen molar-refractivity contribution in [2.24, 2.45) is 0 Å². The Morgan fingerprint density at radius 2 is 1.68 bits per heavy atom. The van der Waals surface area contributed by atoms with Crippen LogP contribution in [0.2, 0.25) is 0 Å². The molecule has 0 saturated heterocycles. The van der Waals surface area contributed by atoms with E-state index < -0.39 is 11.6 Å². The zero-order valence-corrected chi connectivity index (χ0v) is 17.4. The molecule has 0 aliphatic carbocycles. The van der Waals surface area contributed by atoms with Gasteiger partial charge in [-0.05, 0) is 54.8 Å². The molecule has 1 heterocycles. The maximum Gasteiger partial charge on any atom is 0.231 e. The van der Waals surface area contributed by atoms with Gasteiger partial charge in [0.05, 0.1) is 6.61 Å². The van der Waals surface area contributed by atoms with Gasteiger partial charge in [-0.2, -0.15) is 0 Å². The lowest BCUT2D eigenvalue weighted by atomic mass is 10.1. The number of halogens is 2. The molecular formula is C25H25F2NO3. The number of rotatable bonds is 9. The standard InChI is InChI=1S/C25H25F2NO3/c1-2-29-23-6-4-3-5-20(23)16-28(15-19-7-9-21(26)22(27)13-19)12-11-18-8-10-24-25(14-18)31-17-30-24/h3-10,13-14H,2,11-12,15-17H2,1H3. The van der Waals surface area contributed by atoms with Gasteiger partial charge in [0, 0.05) is 25.2 Å². The summed E-state index contributed by atoms with van der Waals surface area (Å²) >= 11 is 0. The first kappa shape index (κ1) is 21.1. The van der Waals surface area contributed by atoms with Crippen LogP contribution in [0, 0.1) is 11.6 Å². The van der Waals surface area contributed by atoms with Crippen molar-refractivity contribution in [3.8, 4) is 17.2 Å². The Morgan fingerprint density at radius 1 is 0.871 bits per heavy atom. The molecule has 0 spiro atoms. The van der Waals surface area contributed by atoms with E-state index in [1.165, 1.54) is 12.1 Å². The molecule has 6 heteroatoms. The number of ether oxygens (including phenoxy) is 3. The molecular weight excluding hydrogens is 400 g/mol. The average Bonchev–Trinajstić information content (AvgIpc) is 3.24. The van der Waals surface area contributed by atoms with E-state index in [-0.39, 0.29) is 6.79 Å². The third-order valence-corrected chi connectivity index (χ3v) is 5.21. The third-order valence-electron chi connectivity index (χ3n) is 5.21. The third kappa shape index (κ3) is 5.33. The van der Waals surface area contributed by atoms with Crippen LogP contribution in [0.25, 0.3) is 0 Å². The van der Waals surface area contributed by atoms with Crippen LogP contribution in [0.15, 0.2) is 60.7 Å². The maximum absolute atomic E-state index is 13.8. The van der Waals surface area contributed by atoms with E-state index in [4.69, 9.17) is 14.2 Å². The minimum absolute atomic E-state index is 0.245. The number of hydrogen-bond acceptors (Lipinski definition) is 4. The smallest absolute Gasteiger partial charge is 0.231 e. The maximum atomic E-state index is 13.8. The van der Waals surface area contributed by atoms with Crippen LogP contribution in [0.4, 0.5) is 8.78 Å². The molecule has 1 aliphatic heterocycles. The van der Waals surface area contributed by atoms with Gasteiger partial charge in [-0.25, -0.2) is 8.78 Å². The van der Waals surface area contributed by atoms with E-state index >= 15 is 0 Å². The quantitative estimate of drug-likeness (QED) is 0.463. The second-order valence-corrected chi connectivity index (χ2v) is 7.44. The van der Waals surface area contributed by atoms with Gasteiger partial charge in [-0.15, -0.1) is 0 Å². The van der Waals surface area contributed by atoms with Gasteiger partial charge in [0.2, 0.25) is 6.79 Å². The number of para-hydroxylation sites is 1. The Morgan fingerprint density at radius 3 is 2.52 bits per heavy atom. The van der Waals surface area contributed by atoms with E-state index in [1.54, 1.807) is 6.07 Å². The molecule has 1 aliphatic rings. The van der Waals surface area contributed by atoms with Gasteiger partial charge in [0.15, 0.2) is 23.1 Å². The SMILES string of the molecule is CCOc1ccccc1CN(CCc1ccc2c(c1)OCO2)Cc1ccc(F)c(F)c1. The van der Waals surface area contributed by atoms with Crippen LogP contribution in [0.1, 0.15) is 23.6 Å². The molecule has 4 rings (SSSR count). The molecule has 0 radical (unpaired) electrons. The highest BCUT2D eigenvalue weighted by atomic mass is 19.2. The monoisotopic (exact) mass is 425 g/mol. The van der Waals surface area contributed by atoms with E-state index in [0.29, 0.717) is 19.7 Å². The van der Waals surface area contributed by atoms with Crippen molar-refractivity contribution in [2.75, 3.05) is 19.9 Å². The van der Waals surface area contributed by atoms with Crippen LogP contribution in [0.5, 0.6) is 17.2 Å². The average molecular weight is 425 g/mol. The molecule has 0 saturated carbocycles. The summed E-state index contributed by atoms with van der Waals surface area (Å²) in [5, 5.41) is 0. The van der Waals surface area contributed by atoms with Gasteiger partial charge >= 0.3 is 0 Å². The largest absolute Gasteiger partial charge is 0.494 e. The number of benzene rings is 3. The normalized spacial score (nSPS) is 12.4. The highest BCUT2D eigenvalue weighted by Gasteiger charge is 2.15. The van der Waals surface area contributed by atoms with E-state index in [0.717, 1.165) is 46.9 Å². The summed E-state index contributed by atoms with van der Waals surface area (Å²) in [4.78, 5) is 2.20. The first-order valence-electron chi connectivity index (χ1n) is 10.4. The fourth-order valence-corrected chi connectivity index (χ4v) is 3.67. The topological polar surface area (TPSA) is 30.9 Å².